The molecule has 0 amide bonds. The molecular formula is C21H21OP. The van der Waals surface area contributed by atoms with Crippen LogP contribution in [0, 0.1) is 0 Å². The Morgan fingerprint density at radius 3 is 1.57 bits per heavy atom. The lowest BCUT2D eigenvalue weighted by molar-refractivity contribution is 0.592. The Labute approximate surface area is 138 Å². The molecule has 3 aromatic rings. The molecule has 2 heteroatoms. The minimum atomic E-state index is -2.87. The Kier molecular flexibility index (Phi) is 4.50. The molecule has 0 aliphatic rings. The zero-order valence-corrected chi connectivity index (χ0v) is 14.4. The van der Waals surface area contributed by atoms with Gasteiger partial charge in [-0.3, -0.25) is 0 Å². The van der Waals surface area contributed by atoms with Crippen LogP contribution in [0.25, 0.3) is 0 Å². The van der Waals surface area contributed by atoms with Crippen molar-refractivity contribution in [2.24, 2.45) is 0 Å². The molecule has 116 valence electrons. The molecule has 0 saturated heterocycles. The predicted molar refractivity (Wildman–Crippen MR) is 99.9 cm³/mol. The van der Waals surface area contributed by atoms with Crippen molar-refractivity contribution in [1.82, 2.24) is 0 Å². The standard InChI is InChI=1S/C21H21OP/c1-17(2)20-15-9-10-16-21(20)23(22,18-11-5-3-6-12-18)19-13-7-4-8-14-19/h3-17H,1-2H3. The molecule has 0 atom stereocenters. The van der Waals surface area contributed by atoms with E-state index in [0.29, 0.717) is 5.92 Å². The van der Waals surface area contributed by atoms with Crippen molar-refractivity contribution < 1.29 is 4.57 Å². The summed E-state index contributed by atoms with van der Waals surface area (Å²) in [6.07, 6.45) is 0. The Morgan fingerprint density at radius 2 is 1.09 bits per heavy atom. The van der Waals surface area contributed by atoms with E-state index < -0.39 is 7.14 Å². The molecule has 0 spiro atoms. The lowest BCUT2D eigenvalue weighted by Crippen LogP contribution is -2.27. The third-order valence-corrected chi connectivity index (χ3v) is 7.27. The first-order valence-corrected chi connectivity index (χ1v) is 9.65. The maximum absolute atomic E-state index is 14.3. The molecule has 23 heavy (non-hydrogen) atoms. The molecule has 0 fully saturated rings. The molecule has 0 N–H and O–H groups in total. The highest BCUT2D eigenvalue weighted by atomic mass is 31.2. The Morgan fingerprint density at radius 1 is 0.652 bits per heavy atom. The van der Waals surface area contributed by atoms with Crippen LogP contribution in [0.4, 0.5) is 0 Å². The van der Waals surface area contributed by atoms with Crippen LogP contribution in [0.1, 0.15) is 25.3 Å². The second-order valence-corrected chi connectivity index (χ2v) is 8.73. The zero-order chi connectivity index (χ0) is 16.3. The largest absolute Gasteiger partial charge is 0.309 e. The smallest absolute Gasteiger partial charge is 0.171 e. The van der Waals surface area contributed by atoms with Crippen LogP contribution in [0.2, 0.25) is 0 Å². The molecular weight excluding hydrogens is 299 g/mol. The molecule has 0 heterocycles. The van der Waals surface area contributed by atoms with Gasteiger partial charge in [-0.1, -0.05) is 98.8 Å². The number of benzene rings is 3. The summed E-state index contributed by atoms with van der Waals surface area (Å²) in [6, 6.07) is 27.8. The lowest BCUT2D eigenvalue weighted by Gasteiger charge is -2.24. The second kappa shape index (κ2) is 6.56. The van der Waals surface area contributed by atoms with Gasteiger partial charge in [0.25, 0.3) is 0 Å². The second-order valence-electron chi connectivity index (χ2n) is 5.99. The molecule has 0 saturated carbocycles. The average molecular weight is 320 g/mol. The van der Waals surface area contributed by atoms with Gasteiger partial charge in [-0.05, 0) is 11.5 Å². The maximum Gasteiger partial charge on any atom is 0.171 e. The highest BCUT2D eigenvalue weighted by molar-refractivity contribution is 7.85. The molecule has 0 aliphatic carbocycles. The third-order valence-electron chi connectivity index (χ3n) is 4.14. The van der Waals surface area contributed by atoms with Gasteiger partial charge in [0.2, 0.25) is 0 Å². The van der Waals surface area contributed by atoms with E-state index in [1.54, 1.807) is 0 Å². The highest BCUT2D eigenvalue weighted by Gasteiger charge is 2.31. The zero-order valence-electron chi connectivity index (χ0n) is 13.5. The molecule has 0 unspecified atom stereocenters. The maximum atomic E-state index is 14.3. The fourth-order valence-corrected chi connectivity index (χ4v) is 6.00. The van der Waals surface area contributed by atoms with Gasteiger partial charge < -0.3 is 4.57 Å². The third kappa shape index (κ3) is 2.90. The van der Waals surface area contributed by atoms with E-state index in [1.165, 1.54) is 0 Å². The first-order valence-electron chi connectivity index (χ1n) is 7.95. The summed E-state index contributed by atoms with van der Waals surface area (Å²) < 4.78 is 14.3. The fraction of sp³-hybridized carbons (Fsp3) is 0.143. The predicted octanol–water partition coefficient (Wildman–Crippen LogP) is 4.45. The normalized spacial score (nSPS) is 11.6. The van der Waals surface area contributed by atoms with Gasteiger partial charge in [0, 0.05) is 15.9 Å². The molecule has 0 aromatic heterocycles. The summed E-state index contributed by atoms with van der Waals surface area (Å²) in [5, 5.41) is 2.73. The van der Waals surface area contributed by atoms with Crippen LogP contribution >= 0.6 is 7.14 Å². The minimum Gasteiger partial charge on any atom is -0.309 e. The van der Waals surface area contributed by atoms with Crippen molar-refractivity contribution in [3.05, 3.63) is 90.5 Å². The van der Waals surface area contributed by atoms with Gasteiger partial charge in [0.1, 0.15) is 0 Å². The first-order chi connectivity index (χ1) is 11.1. The van der Waals surface area contributed by atoms with E-state index in [2.05, 4.69) is 19.9 Å². The molecule has 0 aliphatic heterocycles. The van der Waals surface area contributed by atoms with Crippen LogP contribution in [0.3, 0.4) is 0 Å². The number of hydrogen-bond donors (Lipinski definition) is 0. The molecule has 0 radical (unpaired) electrons. The Hall–Kier alpha value is -2.11. The van der Waals surface area contributed by atoms with Crippen molar-refractivity contribution in [2.45, 2.75) is 19.8 Å². The van der Waals surface area contributed by atoms with E-state index in [4.69, 9.17) is 0 Å². The van der Waals surface area contributed by atoms with E-state index in [0.717, 1.165) is 21.5 Å². The van der Waals surface area contributed by atoms with Gasteiger partial charge in [-0.15, -0.1) is 0 Å². The molecule has 3 rings (SSSR count). The molecule has 0 bridgehead atoms. The summed E-state index contributed by atoms with van der Waals surface area (Å²) in [4.78, 5) is 0. The van der Waals surface area contributed by atoms with Crippen LogP contribution < -0.4 is 15.9 Å². The van der Waals surface area contributed by atoms with Gasteiger partial charge >= 0.3 is 0 Å². The van der Waals surface area contributed by atoms with Crippen LogP contribution in [0.15, 0.2) is 84.9 Å². The number of hydrogen-bond acceptors (Lipinski definition) is 1. The summed E-state index contributed by atoms with van der Waals surface area (Å²) in [7, 11) is -2.87. The Bertz CT molecular complexity index is 779. The first kappa shape index (κ1) is 15.8. The van der Waals surface area contributed by atoms with E-state index >= 15 is 0 Å². The summed E-state index contributed by atoms with van der Waals surface area (Å²) in [6.45, 7) is 4.30. The summed E-state index contributed by atoms with van der Waals surface area (Å²) in [5.41, 5.74) is 1.16. The Balaban J connectivity index is 2.33. The van der Waals surface area contributed by atoms with Gasteiger partial charge in [-0.2, -0.15) is 0 Å². The summed E-state index contributed by atoms with van der Waals surface area (Å²) in [5.74, 6) is 0.326. The SMILES string of the molecule is CC(C)c1ccccc1P(=O)(c1ccccc1)c1ccccc1. The van der Waals surface area contributed by atoms with E-state index in [1.807, 2.05) is 78.9 Å². The quantitative estimate of drug-likeness (QED) is 0.649. The lowest BCUT2D eigenvalue weighted by atomic mass is 10.0. The van der Waals surface area contributed by atoms with Crippen LogP contribution in [0.5, 0.6) is 0 Å². The number of rotatable bonds is 4. The molecule has 1 nitrogen and oxygen atoms in total. The molecule has 3 aromatic carbocycles. The van der Waals surface area contributed by atoms with Crippen LogP contribution in [-0.2, 0) is 4.57 Å². The summed E-state index contributed by atoms with van der Waals surface area (Å²) >= 11 is 0. The fourth-order valence-electron chi connectivity index (χ4n) is 2.97. The highest BCUT2D eigenvalue weighted by Crippen LogP contribution is 2.44. The topological polar surface area (TPSA) is 17.1 Å². The minimum absolute atomic E-state index is 0.326. The van der Waals surface area contributed by atoms with Crippen molar-refractivity contribution in [1.29, 1.82) is 0 Å². The van der Waals surface area contributed by atoms with Gasteiger partial charge in [0.15, 0.2) is 7.14 Å². The van der Waals surface area contributed by atoms with E-state index in [-0.39, 0.29) is 0 Å². The van der Waals surface area contributed by atoms with Crippen LogP contribution in [-0.4, -0.2) is 0 Å². The van der Waals surface area contributed by atoms with Crippen molar-refractivity contribution in [3.63, 3.8) is 0 Å². The monoisotopic (exact) mass is 320 g/mol. The average Bonchev–Trinajstić information content (AvgIpc) is 2.62. The van der Waals surface area contributed by atoms with Crippen molar-refractivity contribution >= 4 is 23.1 Å². The van der Waals surface area contributed by atoms with Gasteiger partial charge in [-0.25, -0.2) is 0 Å². The van der Waals surface area contributed by atoms with Gasteiger partial charge in [0.05, 0.1) is 0 Å². The van der Waals surface area contributed by atoms with Crippen molar-refractivity contribution in [3.8, 4) is 0 Å². The van der Waals surface area contributed by atoms with Crippen molar-refractivity contribution in [2.75, 3.05) is 0 Å². The van der Waals surface area contributed by atoms with E-state index in [9.17, 15) is 4.57 Å².